The van der Waals surface area contributed by atoms with Gasteiger partial charge < -0.3 is 15.2 Å². The van der Waals surface area contributed by atoms with E-state index in [1.165, 1.54) is 12.1 Å². The van der Waals surface area contributed by atoms with Crippen LogP contribution < -0.4 is 10.1 Å². The van der Waals surface area contributed by atoms with Crippen molar-refractivity contribution in [2.24, 2.45) is 0 Å². The monoisotopic (exact) mass is 305 g/mol. The van der Waals surface area contributed by atoms with Crippen LogP contribution in [0.15, 0.2) is 36.4 Å². The number of halogens is 1. The van der Waals surface area contributed by atoms with Crippen molar-refractivity contribution in [3.8, 4) is 11.5 Å². The summed E-state index contributed by atoms with van der Waals surface area (Å²) in [7, 11) is 0. The molecule has 110 valence electrons. The number of phenols is 1. The summed E-state index contributed by atoms with van der Waals surface area (Å²) >= 11 is 5.82. The van der Waals surface area contributed by atoms with Gasteiger partial charge in [0.05, 0.1) is 5.69 Å². The lowest BCUT2D eigenvalue weighted by Crippen LogP contribution is -2.20. The molecule has 21 heavy (non-hydrogen) atoms. The van der Waals surface area contributed by atoms with Gasteiger partial charge in [0, 0.05) is 5.02 Å². The molecule has 2 aromatic rings. The van der Waals surface area contributed by atoms with Gasteiger partial charge in [0.2, 0.25) is 0 Å². The lowest BCUT2D eigenvalue weighted by atomic mass is 10.1. The van der Waals surface area contributed by atoms with Crippen LogP contribution in [-0.2, 0) is 4.79 Å². The fourth-order valence-corrected chi connectivity index (χ4v) is 1.97. The molecule has 0 bridgehead atoms. The van der Waals surface area contributed by atoms with Crippen LogP contribution in [0.5, 0.6) is 11.5 Å². The van der Waals surface area contributed by atoms with E-state index in [0.717, 1.165) is 11.1 Å². The third kappa shape index (κ3) is 4.13. The zero-order valence-corrected chi connectivity index (χ0v) is 12.6. The van der Waals surface area contributed by atoms with Crippen molar-refractivity contribution in [2.75, 3.05) is 11.9 Å². The van der Waals surface area contributed by atoms with Crippen molar-refractivity contribution < 1.29 is 14.6 Å². The van der Waals surface area contributed by atoms with Crippen molar-refractivity contribution in [1.29, 1.82) is 0 Å². The predicted molar refractivity (Wildman–Crippen MR) is 83.2 cm³/mol. The number of ether oxygens (including phenoxy) is 1. The van der Waals surface area contributed by atoms with E-state index in [0.29, 0.717) is 10.8 Å². The Hall–Kier alpha value is -2.20. The minimum Gasteiger partial charge on any atom is -0.506 e. The van der Waals surface area contributed by atoms with Crippen LogP contribution in [0.2, 0.25) is 5.02 Å². The van der Waals surface area contributed by atoms with Crippen LogP contribution in [0.25, 0.3) is 0 Å². The molecule has 2 aromatic carbocycles. The van der Waals surface area contributed by atoms with Gasteiger partial charge in [-0.3, -0.25) is 4.79 Å². The van der Waals surface area contributed by atoms with Gasteiger partial charge in [0.25, 0.3) is 5.91 Å². The molecule has 2 rings (SSSR count). The molecule has 0 saturated heterocycles. The van der Waals surface area contributed by atoms with Crippen molar-refractivity contribution in [2.45, 2.75) is 13.8 Å². The molecule has 0 heterocycles. The van der Waals surface area contributed by atoms with Gasteiger partial charge in [0.1, 0.15) is 11.5 Å². The highest BCUT2D eigenvalue weighted by Gasteiger charge is 2.09. The Bertz CT molecular complexity index is 671. The molecule has 0 aliphatic carbocycles. The zero-order valence-electron chi connectivity index (χ0n) is 11.8. The number of rotatable bonds is 4. The van der Waals surface area contributed by atoms with E-state index in [-0.39, 0.29) is 24.0 Å². The summed E-state index contributed by atoms with van der Waals surface area (Å²) in [5, 5.41) is 12.6. The molecule has 0 saturated carbocycles. The first kappa shape index (κ1) is 15.2. The number of hydrogen-bond acceptors (Lipinski definition) is 3. The van der Waals surface area contributed by atoms with E-state index in [9.17, 15) is 9.90 Å². The van der Waals surface area contributed by atoms with E-state index < -0.39 is 0 Å². The topological polar surface area (TPSA) is 58.6 Å². The van der Waals surface area contributed by atoms with Crippen LogP contribution in [0.4, 0.5) is 5.69 Å². The van der Waals surface area contributed by atoms with Gasteiger partial charge in [0.15, 0.2) is 6.61 Å². The van der Waals surface area contributed by atoms with Crippen LogP contribution in [0.3, 0.4) is 0 Å². The van der Waals surface area contributed by atoms with Crippen LogP contribution >= 0.6 is 11.6 Å². The minimum atomic E-state index is -0.367. The SMILES string of the molecule is Cc1ccc(C)c(OCC(=O)Nc2cc(Cl)ccc2O)c1. The summed E-state index contributed by atoms with van der Waals surface area (Å²) in [6.07, 6.45) is 0. The summed E-state index contributed by atoms with van der Waals surface area (Å²) in [6.45, 7) is 3.72. The number of phenolic OH excluding ortho intramolecular Hbond substituents is 1. The van der Waals surface area contributed by atoms with Crippen molar-refractivity contribution in [1.82, 2.24) is 0 Å². The number of aryl methyl sites for hydroxylation is 2. The number of carbonyl (C=O) groups is 1. The molecule has 0 spiro atoms. The first-order valence-electron chi connectivity index (χ1n) is 6.44. The molecule has 2 N–H and O–H groups in total. The van der Waals surface area contributed by atoms with Gasteiger partial charge >= 0.3 is 0 Å². The van der Waals surface area contributed by atoms with Crippen molar-refractivity contribution >= 4 is 23.2 Å². The molecule has 0 aliphatic rings. The van der Waals surface area contributed by atoms with Gasteiger partial charge in [-0.15, -0.1) is 0 Å². The molecular formula is C16H16ClNO3. The zero-order chi connectivity index (χ0) is 15.4. The van der Waals surface area contributed by atoms with Gasteiger partial charge in [-0.25, -0.2) is 0 Å². The van der Waals surface area contributed by atoms with Crippen LogP contribution in [0, 0.1) is 13.8 Å². The summed E-state index contributed by atoms with van der Waals surface area (Å²) in [4.78, 5) is 11.9. The Morgan fingerprint density at radius 1 is 1.24 bits per heavy atom. The Balaban J connectivity index is 1.99. The first-order chi connectivity index (χ1) is 9.95. The van der Waals surface area contributed by atoms with E-state index in [2.05, 4.69) is 5.32 Å². The number of aromatic hydroxyl groups is 1. The molecular weight excluding hydrogens is 290 g/mol. The molecule has 0 aromatic heterocycles. The quantitative estimate of drug-likeness (QED) is 0.847. The first-order valence-corrected chi connectivity index (χ1v) is 6.82. The normalized spacial score (nSPS) is 10.2. The minimum absolute atomic E-state index is 0.0421. The van der Waals surface area contributed by atoms with Gasteiger partial charge in [-0.1, -0.05) is 23.7 Å². The Morgan fingerprint density at radius 2 is 2.00 bits per heavy atom. The Labute approximate surface area is 128 Å². The summed E-state index contributed by atoms with van der Waals surface area (Å²) < 4.78 is 5.50. The molecule has 0 fully saturated rings. The molecule has 4 nitrogen and oxygen atoms in total. The fourth-order valence-electron chi connectivity index (χ4n) is 1.80. The lowest BCUT2D eigenvalue weighted by molar-refractivity contribution is -0.118. The molecule has 0 aliphatic heterocycles. The summed E-state index contributed by atoms with van der Waals surface area (Å²) in [5.41, 5.74) is 2.28. The third-order valence-corrected chi connectivity index (χ3v) is 3.17. The Morgan fingerprint density at radius 3 is 2.76 bits per heavy atom. The van der Waals surface area contributed by atoms with Crippen LogP contribution in [-0.4, -0.2) is 17.6 Å². The number of hydrogen-bond donors (Lipinski definition) is 2. The van der Waals surface area contributed by atoms with Crippen molar-refractivity contribution in [3.05, 3.63) is 52.5 Å². The highest BCUT2D eigenvalue weighted by molar-refractivity contribution is 6.31. The standard InChI is InChI=1S/C16H16ClNO3/c1-10-3-4-11(2)15(7-10)21-9-16(20)18-13-8-12(17)5-6-14(13)19/h3-8,19H,9H2,1-2H3,(H,18,20). The smallest absolute Gasteiger partial charge is 0.262 e. The summed E-state index contributed by atoms with van der Waals surface area (Å²) in [6, 6.07) is 10.2. The number of amides is 1. The highest BCUT2D eigenvalue weighted by Crippen LogP contribution is 2.26. The van der Waals surface area contributed by atoms with Crippen LogP contribution in [0.1, 0.15) is 11.1 Å². The molecule has 0 radical (unpaired) electrons. The maximum atomic E-state index is 11.9. The average molecular weight is 306 g/mol. The van der Waals surface area contributed by atoms with E-state index in [1.807, 2.05) is 32.0 Å². The van der Waals surface area contributed by atoms with E-state index >= 15 is 0 Å². The van der Waals surface area contributed by atoms with Gasteiger partial charge in [-0.05, 0) is 49.2 Å². The maximum absolute atomic E-state index is 11.9. The molecule has 0 atom stereocenters. The predicted octanol–water partition coefficient (Wildman–Crippen LogP) is 3.68. The van der Waals surface area contributed by atoms with Gasteiger partial charge in [-0.2, -0.15) is 0 Å². The molecule has 0 unspecified atom stereocenters. The van der Waals surface area contributed by atoms with E-state index in [4.69, 9.17) is 16.3 Å². The number of nitrogens with one attached hydrogen (secondary N) is 1. The van der Waals surface area contributed by atoms with Crippen molar-refractivity contribution in [3.63, 3.8) is 0 Å². The Kier molecular flexibility index (Phi) is 4.70. The molecule has 5 heteroatoms. The number of carbonyl (C=O) groups excluding carboxylic acids is 1. The third-order valence-electron chi connectivity index (χ3n) is 2.94. The fraction of sp³-hybridized carbons (Fsp3) is 0.188. The second-order valence-electron chi connectivity index (χ2n) is 4.77. The maximum Gasteiger partial charge on any atom is 0.262 e. The lowest BCUT2D eigenvalue weighted by Gasteiger charge is -2.11. The number of benzene rings is 2. The second kappa shape index (κ2) is 6.50. The highest BCUT2D eigenvalue weighted by atomic mass is 35.5. The largest absolute Gasteiger partial charge is 0.506 e. The number of anilines is 1. The summed E-state index contributed by atoms with van der Waals surface area (Å²) in [5.74, 6) is 0.258. The molecule has 1 amide bonds. The second-order valence-corrected chi connectivity index (χ2v) is 5.20. The average Bonchev–Trinajstić information content (AvgIpc) is 2.44. The van der Waals surface area contributed by atoms with E-state index in [1.54, 1.807) is 6.07 Å².